The minimum atomic E-state index is -1.18. The van der Waals surface area contributed by atoms with Gasteiger partial charge in [-0.05, 0) is 45.0 Å². The summed E-state index contributed by atoms with van der Waals surface area (Å²) in [5.74, 6) is -0.809. The first-order valence-corrected chi connectivity index (χ1v) is 8.31. The average molecular weight is 372 g/mol. The van der Waals surface area contributed by atoms with Crippen LogP contribution in [0.25, 0.3) is 0 Å². The maximum Gasteiger partial charge on any atom is 0.347 e. The predicted molar refractivity (Wildman–Crippen MR) is 102 cm³/mol. The van der Waals surface area contributed by atoms with Crippen LogP contribution in [0.3, 0.4) is 0 Å². The normalized spacial score (nSPS) is 10.8. The Labute approximate surface area is 158 Å². The molecule has 0 aliphatic carbocycles. The summed E-state index contributed by atoms with van der Waals surface area (Å²) in [5.41, 5.74) is -0.942. The van der Waals surface area contributed by atoms with E-state index in [9.17, 15) is 14.7 Å². The minimum Gasteiger partial charge on any atom is -0.508 e. The first kappa shape index (κ1) is 21.8. The van der Waals surface area contributed by atoms with Gasteiger partial charge in [-0.15, -0.1) is 0 Å². The van der Waals surface area contributed by atoms with Crippen molar-refractivity contribution in [3.05, 3.63) is 66.2 Å². The SMILES string of the molecule is C/C=C/CC(=O)c1ccc(O)cc1O.CC(C)(Oc1ccccc1)C(=O)O. The third-order valence-corrected chi connectivity index (χ3v) is 3.45. The zero-order valence-corrected chi connectivity index (χ0v) is 15.5. The fourth-order valence-corrected chi connectivity index (χ4v) is 1.92. The van der Waals surface area contributed by atoms with Crippen LogP contribution in [0.1, 0.15) is 37.6 Å². The molecular formula is C21H24O6. The topological polar surface area (TPSA) is 104 Å². The molecule has 2 rings (SSSR count). The van der Waals surface area contributed by atoms with E-state index >= 15 is 0 Å². The van der Waals surface area contributed by atoms with Crippen molar-refractivity contribution >= 4 is 11.8 Å². The number of benzene rings is 2. The Kier molecular flexibility index (Phi) is 8.07. The molecule has 2 aromatic carbocycles. The van der Waals surface area contributed by atoms with Crippen LogP contribution >= 0.6 is 0 Å². The summed E-state index contributed by atoms with van der Waals surface area (Å²) in [6.45, 7) is 4.86. The maximum absolute atomic E-state index is 11.4. The molecular weight excluding hydrogens is 348 g/mol. The monoisotopic (exact) mass is 372 g/mol. The number of carboxylic acid groups (broad SMARTS) is 1. The van der Waals surface area contributed by atoms with E-state index in [-0.39, 0.29) is 29.3 Å². The summed E-state index contributed by atoms with van der Waals surface area (Å²) >= 11 is 0. The molecule has 6 heteroatoms. The van der Waals surface area contributed by atoms with Crippen molar-refractivity contribution in [1.29, 1.82) is 0 Å². The van der Waals surface area contributed by atoms with E-state index in [0.29, 0.717) is 5.75 Å². The second kappa shape index (κ2) is 10.0. The van der Waals surface area contributed by atoms with Crippen LogP contribution in [0.5, 0.6) is 17.2 Å². The minimum absolute atomic E-state index is 0.0508. The molecule has 0 fully saturated rings. The van der Waals surface area contributed by atoms with Gasteiger partial charge in [-0.25, -0.2) is 4.79 Å². The Morgan fingerprint density at radius 3 is 2.22 bits per heavy atom. The number of Topliss-reactive ketones (excluding diaryl/α,β-unsaturated/α-hetero) is 1. The Hall–Kier alpha value is -3.28. The number of hydrogen-bond donors (Lipinski definition) is 3. The third kappa shape index (κ3) is 7.23. The molecule has 0 atom stereocenters. The van der Waals surface area contributed by atoms with E-state index in [1.54, 1.807) is 36.4 Å². The number of rotatable bonds is 6. The van der Waals surface area contributed by atoms with Gasteiger partial charge in [-0.3, -0.25) is 4.79 Å². The van der Waals surface area contributed by atoms with E-state index < -0.39 is 11.6 Å². The Morgan fingerprint density at radius 1 is 1.07 bits per heavy atom. The van der Waals surface area contributed by atoms with Crippen molar-refractivity contribution in [3.63, 3.8) is 0 Å². The quantitative estimate of drug-likeness (QED) is 0.519. The van der Waals surface area contributed by atoms with Gasteiger partial charge in [0.15, 0.2) is 11.4 Å². The second-order valence-corrected chi connectivity index (χ2v) is 6.13. The molecule has 144 valence electrons. The number of phenols is 2. The number of aromatic hydroxyl groups is 2. The Morgan fingerprint density at radius 2 is 1.70 bits per heavy atom. The van der Waals surface area contributed by atoms with Gasteiger partial charge in [-0.2, -0.15) is 0 Å². The van der Waals surface area contributed by atoms with E-state index in [0.717, 1.165) is 6.07 Å². The first-order valence-electron chi connectivity index (χ1n) is 8.31. The number of carboxylic acids is 1. The highest BCUT2D eigenvalue weighted by Gasteiger charge is 2.29. The highest BCUT2D eigenvalue weighted by Crippen LogP contribution is 2.23. The molecule has 6 nitrogen and oxygen atoms in total. The lowest BCUT2D eigenvalue weighted by Gasteiger charge is -2.21. The van der Waals surface area contributed by atoms with Crippen molar-refractivity contribution < 1.29 is 29.6 Å². The molecule has 2 aromatic rings. The van der Waals surface area contributed by atoms with Gasteiger partial charge in [-0.1, -0.05) is 30.4 Å². The van der Waals surface area contributed by atoms with Crippen LogP contribution in [-0.4, -0.2) is 32.7 Å². The van der Waals surface area contributed by atoms with Crippen molar-refractivity contribution in [1.82, 2.24) is 0 Å². The average Bonchev–Trinajstić information content (AvgIpc) is 2.60. The molecule has 0 spiro atoms. The molecule has 3 N–H and O–H groups in total. The molecule has 0 bridgehead atoms. The molecule has 0 aromatic heterocycles. The smallest absolute Gasteiger partial charge is 0.347 e. The van der Waals surface area contributed by atoms with Crippen LogP contribution in [0.15, 0.2) is 60.7 Å². The van der Waals surface area contributed by atoms with E-state index in [1.807, 2.05) is 13.0 Å². The van der Waals surface area contributed by atoms with Gasteiger partial charge < -0.3 is 20.1 Å². The maximum atomic E-state index is 11.4. The van der Waals surface area contributed by atoms with Crippen LogP contribution in [0.4, 0.5) is 0 Å². The number of phenolic OH excluding ortho intramolecular Hbond substituents is 2. The summed E-state index contributed by atoms with van der Waals surface area (Å²) in [6.07, 6.45) is 3.75. The van der Waals surface area contributed by atoms with Gasteiger partial charge in [0.2, 0.25) is 0 Å². The lowest BCUT2D eigenvalue weighted by Crippen LogP contribution is -2.37. The van der Waals surface area contributed by atoms with Gasteiger partial charge in [0, 0.05) is 12.5 Å². The highest BCUT2D eigenvalue weighted by atomic mass is 16.5. The molecule has 0 aliphatic rings. The van der Waals surface area contributed by atoms with E-state index in [1.165, 1.54) is 26.0 Å². The number of ether oxygens (including phenoxy) is 1. The Balaban J connectivity index is 0.000000271. The summed E-state index contributed by atoms with van der Waals surface area (Å²) in [6, 6.07) is 12.8. The van der Waals surface area contributed by atoms with Gasteiger partial charge in [0.1, 0.15) is 17.2 Å². The predicted octanol–water partition coefficient (Wildman–Crippen LogP) is 4.18. The standard InChI is InChI=1S/C11H12O3.C10H12O3/c1-2-3-4-10(13)9-6-5-8(12)7-11(9)14;1-10(2,9(11)12)13-8-6-4-3-5-7-8/h2-3,5-7,12,14H,4H2,1H3;3-7H,1-2H3,(H,11,12)/b3-2+;. The molecule has 27 heavy (non-hydrogen) atoms. The van der Waals surface area contributed by atoms with Gasteiger partial charge in [0.25, 0.3) is 0 Å². The number of carbonyl (C=O) groups excluding carboxylic acids is 1. The third-order valence-electron chi connectivity index (χ3n) is 3.45. The zero-order chi connectivity index (χ0) is 20.4. The van der Waals surface area contributed by atoms with Crippen LogP contribution in [-0.2, 0) is 4.79 Å². The van der Waals surface area contributed by atoms with Crippen molar-refractivity contribution in [3.8, 4) is 17.2 Å². The fourth-order valence-electron chi connectivity index (χ4n) is 1.92. The summed E-state index contributed by atoms with van der Waals surface area (Å²) < 4.78 is 5.26. The molecule has 0 unspecified atom stereocenters. The number of allylic oxidation sites excluding steroid dienone is 2. The van der Waals surface area contributed by atoms with Crippen LogP contribution in [0.2, 0.25) is 0 Å². The van der Waals surface area contributed by atoms with Crippen molar-refractivity contribution in [2.45, 2.75) is 32.8 Å². The van der Waals surface area contributed by atoms with Crippen molar-refractivity contribution in [2.24, 2.45) is 0 Å². The summed E-state index contributed by atoms with van der Waals surface area (Å²) in [5, 5.41) is 27.1. The van der Waals surface area contributed by atoms with Gasteiger partial charge in [0.05, 0.1) is 5.56 Å². The lowest BCUT2D eigenvalue weighted by molar-refractivity contribution is -0.152. The van der Waals surface area contributed by atoms with E-state index in [4.69, 9.17) is 14.9 Å². The molecule has 0 heterocycles. The highest BCUT2D eigenvalue weighted by molar-refractivity contribution is 5.99. The number of para-hydroxylation sites is 1. The van der Waals surface area contributed by atoms with Crippen molar-refractivity contribution in [2.75, 3.05) is 0 Å². The fraction of sp³-hybridized carbons (Fsp3) is 0.238. The van der Waals surface area contributed by atoms with E-state index in [2.05, 4.69) is 0 Å². The molecule has 0 amide bonds. The van der Waals surface area contributed by atoms with Crippen LogP contribution < -0.4 is 4.74 Å². The summed E-state index contributed by atoms with van der Waals surface area (Å²) in [4.78, 5) is 22.1. The molecule has 0 saturated heterocycles. The number of carbonyl (C=O) groups is 2. The second-order valence-electron chi connectivity index (χ2n) is 6.13. The zero-order valence-electron chi connectivity index (χ0n) is 15.5. The Bertz CT molecular complexity index is 794. The summed E-state index contributed by atoms with van der Waals surface area (Å²) in [7, 11) is 0. The number of hydrogen-bond acceptors (Lipinski definition) is 5. The largest absolute Gasteiger partial charge is 0.508 e. The van der Waals surface area contributed by atoms with Gasteiger partial charge >= 0.3 is 5.97 Å². The number of aliphatic carboxylic acids is 1. The number of ketones is 1. The van der Waals surface area contributed by atoms with Crippen LogP contribution in [0, 0.1) is 0 Å². The molecule has 0 saturated carbocycles. The first-order chi connectivity index (χ1) is 12.7. The molecule has 0 aliphatic heterocycles. The lowest BCUT2D eigenvalue weighted by atomic mass is 10.1. The molecule has 0 radical (unpaired) electrons.